The lowest BCUT2D eigenvalue weighted by Crippen LogP contribution is -2.48. The minimum atomic E-state index is -0.715. The van der Waals surface area contributed by atoms with Crippen molar-refractivity contribution in [3.05, 3.63) is 78.3 Å². The second-order valence-corrected chi connectivity index (χ2v) is 8.28. The van der Waals surface area contributed by atoms with Crippen LogP contribution < -0.4 is 0 Å². The van der Waals surface area contributed by atoms with Crippen molar-refractivity contribution >= 4 is 11.8 Å². The minimum Gasteiger partial charge on any atom is -0.444 e. The number of likely N-dealkylation sites (tertiary alicyclic amines) is 1. The Morgan fingerprint density at radius 3 is 2.65 bits per heavy atom. The van der Waals surface area contributed by atoms with Gasteiger partial charge in [-0.05, 0) is 17.7 Å². The molecule has 3 saturated heterocycles. The fraction of sp³-hybridized carbons (Fsp3) is 0.292. The molecule has 3 aliphatic heterocycles. The molecular weight excluding hydrogens is 394 g/mol. The summed E-state index contributed by atoms with van der Waals surface area (Å²) in [6, 6.07) is 17.0. The summed E-state index contributed by atoms with van der Waals surface area (Å²) in [6.45, 7) is 1.10. The van der Waals surface area contributed by atoms with Crippen molar-refractivity contribution in [3.63, 3.8) is 0 Å². The highest BCUT2D eigenvalue weighted by Crippen LogP contribution is 2.50. The van der Waals surface area contributed by atoms with E-state index in [1.807, 2.05) is 52.3 Å². The molecule has 0 bridgehead atoms. The van der Waals surface area contributed by atoms with Crippen LogP contribution in [0.4, 0.5) is 0 Å². The lowest BCUT2D eigenvalue weighted by atomic mass is 10.0. The van der Waals surface area contributed by atoms with Crippen molar-refractivity contribution in [1.29, 1.82) is 0 Å². The summed E-state index contributed by atoms with van der Waals surface area (Å²) in [5.74, 6) is 0.636. The third-order valence-electron chi connectivity index (χ3n) is 6.71. The second-order valence-electron chi connectivity index (χ2n) is 8.28. The Morgan fingerprint density at radius 2 is 1.90 bits per heavy atom. The largest absolute Gasteiger partial charge is 0.444 e. The predicted octanol–water partition coefficient (Wildman–Crippen LogP) is 3.26. The zero-order valence-electron chi connectivity index (χ0n) is 16.8. The van der Waals surface area contributed by atoms with Crippen LogP contribution in [-0.2, 0) is 9.53 Å². The molecule has 2 amide bonds. The molecule has 3 fully saturated rings. The first-order valence-corrected chi connectivity index (χ1v) is 10.5. The van der Waals surface area contributed by atoms with E-state index >= 15 is 0 Å². The first kappa shape index (κ1) is 18.3. The molecular formula is C24H21N3O4. The van der Waals surface area contributed by atoms with Gasteiger partial charge in [0.25, 0.3) is 5.91 Å². The number of hydrogen-bond acceptors (Lipinski definition) is 5. The molecule has 3 aromatic rings. The van der Waals surface area contributed by atoms with Gasteiger partial charge in [-0.2, -0.15) is 0 Å². The van der Waals surface area contributed by atoms with Crippen molar-refractivity contribution in [3.8, 4) is 11.3 Å². The van der Waals surface area contributed by atoms with E-state index in [0.29, 0.717) is 37.3 Å². The highest BCUT2D eigenvalue weighted by Gasteiger charge is 2.65. The van der Waals surface area contributed by atoms with Gasteiger partial charge >= 0.3 is 0 Å². The highest BCUT2D eigenvalue weighted by atomic mass is 16.5. The number of rotatable bonds is 3. The molecule has 6 rings (SSSR count). The minimum absolute atomic E-state index is 0.0570. The van der Waals surface area contributed by atoms with Gasteiger partial charge in [0.15, 0.2) is 17.9 Å². The molecule has 7 nitrogen and oxygen atoms in total. The average molecular weight is 415 g/mol. The Bertz CT molecular complexity index is 1130. The number of ether oxygens (including phenoxy) is 1. The molecule has 0 N–H and O–H groups in total. The van der Waals surface area contributed by atoms with E-state index in [4.69, 9.17) is 9.15 Å². The van der Waals surface area contributed by atoms with Crippen molar-refractivity contribution in [2.45, 2.75) is 30.7 Å². The predicted molar refractivity (Wildman–Crippen MR) is 111 cm³/mol. The van der Waals surface area contributed by atoms with E-state index in [1.54, 1.807) is 18.3 Å². The summed E-state index contributed by atoms with van der Waals surface area (Å²) in [5, 5.41) is 0. The van der Waals surface area contributed by atoms with Gasteiger partial charge in [0.1, 0.15) is 6.10 Å². The van der Waals surface area contributed by atoms with Crippen molar-refractivity contribution in [2.24, 2.45) is 0 Å². The van der Waals surface area contributed by atoms with Gasteiger partial charge in [-0.3, -0.25) is 9.59 Å². The Morgan fingerprint density at radius 1 is 1.10 bits per heavy atom. The summed E-state index contributed by atoms with van der Waals surface area (Å²) in [6.07, 6.45) is 3.80. The van der Waals surface area contributed by atoms with Crippen LogP contribution in [0.5, 0.6) is 0 Å². The molecule has 2 aromatic carbocycles. The number of nitrogens with zero attached hydrogens (tertiary/aromatic N) is 3. The SMILES string of the molecule is O=C(c1ccc(-c2cnco2)cc1)N1CC[C@@]23O[C@H](c4ccccc4)CN2C(=O)C[C@@H]13. The van der Waals surface area contributed by atoms with Gasteiger partial charge in [0.2, 0.25) is 5.91 Å². The number of hydrogen-bond donors (Lipinski definition) is 0. The molecule has 0 aliphatic carbocycles. The average Bonchev–Trinajstić information content (AvgIpc) is 3.57. The zero-order valence-corrected chi connectivity index (χ0v) is 16.8. The Kier molecular flexibility index (Phi) is 4.01. The van der Waals surface area contributed by atoms with E-state index < -0.39 is 5.72 Å². The summed E-state index contributed by atoms with van der Waals surface area (Å²) < 4.78 is 11.8. The van der Waals surface area contributed by atoms with Crippen molar-refractivity contribution < 1.29 is 18.7 Å². The molecule has 31 heavy (non-hydrogen) atoms. The Hall–Kier alpha value is -3.45. The first-order chi connectivity index (χ1) is 15.2. The topological polar surface area (TPSA) is 75.9 Å². The van der Waals surface area contributed by atoms with Crippen molar-refractivity contribution in [2.75, 3.05) is 13.1 Å². The van der Waals surface area contributed by atoms with Crippen LogP contribution in [0.15, 0.2) is 71.6 Å². The van der Waals surface area contributed by atoms with Gasteiger partial charge < -0.3 is 19.0 Å². The molecule has 0 unspecified atom stereocenters. The summed E-state index contributed by atoms with van der Waals surface area (Å²) in [4.78, 5) is 33.7. The summed E-state index contributed by atoms with van der Waals surface area (Å²) in [5.41, 5.74) is 1.79. The standard InChI is InChI=1S/C24H21N3O4/c28-22-12-21-24(27(22)14-20(31-24)16-4-2-1-3-5-16)10-11-26(21)23(29)18-8-6-17(7-9-18)19-13-25-15-30-19/h1-9,13,15,20-21H,10-12,14H2/t20-,21+,24-/m0/s1. The number of amides is 2. The lowest BCUT2D eigenvalue weighted by Gasteiger charge is -2.32. The van der Waals surface area contributed by atoms with Crippen LogP contribution >= 0.6 is 0 Å². The molecule has 3 atom stereocenters. The van der Waals surface area contributed by atoms with Gasteiger partial charge in [0.05, 0.1) is 25.2 Å². The Labute approximate surface area is 179 Å². The number of carbonyl (C=O) groups excluding carboxylic acids is 2. The number of oxazole rings is 1. The van der Waals surface area contributed by atoms with E-state index in [1.165, 1.54) is 6.39 Å². The van der Waals surface area contributed by atoms with Gasteiger partial charge in [0, 0.05) is 24.1 Å². The number of carbonyl (C=O) groups is 2. The van der Waals surface area contributed by atoms with Crippen LogP contribution in [0.3, 0.4) is 0 Å². The van der Waals surface area contributed by atoms with Crippen LogP contribution in [0.1, 0.15) is 34.9 Å². The van der Waals surface area contributed by atoms with Crippen LogP contribution in [0.2, 0.25) is 0 Å². The summed E-state index contributed by atoms with van der Waals surface area (Å²) >= 11 is 0. The molecule has 7 heteroatoms. The van der Waals surface area contributed by atoms with Crippen LogP contribution in [0, 0.1) is 0 Å². The number of aromatic nitrogens is 1. The molecule has 3 aliphatic rings. The maximum atomic E-state index is 13.3. The van der Waals surface area contributed by atoms with Gasteiger partial charge in [-0.15, -0.1) is 0 Å². The maximum Gasteiger partial charge on any atom is 0.254 e. The molecule has 1 aromatic heterocycles. The van der Waals surface area contributed by atoms with E-state index in [-0.39, 0.29) is 24.0 Å². The third kappa shape index (κ3) is 2.73. The molecule has 4 heterocycles. The van der Waals surface area contributed by atoms with E-state index in [9.17, 15) is 9.59 Å². The zero-order chi connectivity index (χ0) is 21.0. The quantitative estimate of drug-likeness (QED) is 0.656. The third-order valence-corrected chi connectivity index (χ3v) is 6.71. The molecule has 0 saturated carbocycles. The van der Waals surface area contributed by atoms with E-state index in [2.05, 4.69) is 4.98 Å². The number of benzene rings is 2. The second kappa shape index (κ2) is 6.78. The molecule has 0 radical (unpaired) electrons. The molecule has 156 valence electrons. The normalized spacial score (nSPS) is 26.9. The maximum absolute atomic E-state index is 13.3. The van der Waals surface area contributed by atoms with E-state index in [0.717, 1.165) is 11.1 Å². The Balaban J connectivity index is 1.26. The van der Waals surface area contributed by atoms with Crippen molar-refractivity contribution in [1.82, 2.24) is 14.8 Å². The van der Waals surface area contributed by atoms with Crippen LogP contribution in [0.25, 0.3) is 11.3 Å². The molecule has 1 spiro atoms. The smallest absolute Gasteiger partial charge is 0.254 e. The fourth-order valence-corrected chi connectivity index (χ4v) is 5.21. The first-order valence-electron chi connectivity index (χ1n) is 10.5. The summed E-state index contributed by atoms with van der Waals surface area (Å²) in [7, 11) is 0. The van der Waals surface area contributed by atoms with Gasteiger partial charge in [-0.25, -0.2) is 4.98 Å². The lowest BCUT2D eigenvalue weighted by molar-refractivity contribution is -0.138. The fourth-order valence-electron chi connectivity index (χ4n) is 5.21. The van der Waals surface area contributed by atoms with Crippen LogP contribution in [-0.4, -0.2) is 51.5 Å². The monoisotopic (exact) mass is 415 g/mol. The highest BCUT2D eigenvalue weighted by molar-refractivity contribution is 5.96. The van der Waals surface area contributed by atoms with Gasteiger partial charge in [-0.1, -0.05) is 42.5 Å².